The van der Waals surface area contributed by atoms with Gasteiger partial charge in [-0.05, 0) is 36.9 Å². The summed E-state index contributed by atoms with van der Waals surface area (Å²) in [5.41, 5.74) is 5.84. The second-order valence-electron chi connectivity index (χ2n) is 5.82. The third-order valence-corrected chi connectivity index (χ3v) is 4.32. The van der Waals surface area contributed by atoms with Crippen LogP contribution >= 0.6 is 0 Å². The Kier molecular flexibility index (Phi) is 2.76. The lowest BCUT2D eigenvalue weighted by Crippen LogP contribution is -2.31. The van der Waals surface area contributed by atoms with Gasteiger partial charge in [-0.25, -0.2) is 4.98 Å². The van der Waals surface area contributed by atoms with E-state index in [-0.39, 0.29) is 0 Å². The Hall–Kier alpha value is -2.68. The van der Waals surface area contributed by atoms with Gasteiger partial charge in [0.1, 0.15) is 18.4 Å². The molecule has 1 aromatic carbocycles. The molecule has 0 spiro atoms. The van der Waals surface area contributed by atoms with Crippen molar-refractivity contribution in [1.82, 2.24) is 9.38 Å². The molecule has 0 unspecified atom stereocenters. The van der Waals surface area contributed by atoms with Gasteiger partial charge < -0.3 is 0 Å². The molecule has 0 atom stereocenters. The van der Waals surface area contributed by atoms with Crippen molar-refractivity contribution < 1.29 is 4.57 Å². The molecule has 3 heteroatoms. The summed E-state index contributed by atoms with van der Waals surface area (Å²) in [5.74, 6) is 0. The van der Waals surface area contributed by atoms with E-state index in [1.807, 2.05) is 6.20 Å². The quantitative estimate of drug-likeness (QED) is 0.490. The van der Waals surface area contributed by atoms with E-state index in [9.17, 15) is 0 Å². The van der Waals surface area contributed by atoms with Crippen molar-refractivity contribution in [2.24, 2.45) is 7.05 Å². The number of rotatable bonds is 1. The highest BCUT2D eigenvalue weighted by Gasteiger charge is 2.20. The van der Waals surface area contributed by atoms with Crippen LogP contribution in [0.15, 0.2) is 54.9 Å². The summed E-state index contributed by atoms with van der Waals surface area (Å²) in [5, 5.41) is 2.51. The van der Waals surface area contributed by atoms with Crippen LogP contribution in [0.1, 0.15) is 11.3 Å². The predicted molar refractivity (Wildman–Crippen MR) is 88.8 cm³/mol. The van der Waals surface area contributed by atoms with Crippen LogP contribution in [0.4, 0.5) is 0 Å². The molecule has 3 aromatic heterocycles. The molecule has 0 bridgehead atoms. The molecule has 108 valence electrons. The molecule has 0 aliphatic rings. The van der Waals surface area contributed by atoms with Crippen LogP contribution in [0.25, 0.3) is 27.8 Å². The van der Waals surface area contributed by atoms with Crippen molar-refractivity contribution in [3.8, 4) is 11.4 Å². The lowest BCUT2D eigenvalue weighted by Gasteiger charge is -2.11. The van der Waals surface area contributed by atoms with Gasteiger partial charge in [0, 0.05) is 18.0 Å². The van der Waals surface area contributed by atoms with Crippen LogP contribution in [0.2, 0.25) is 0 Å². The van der Waals surface area contributed by atoms with Gasteiger partial charge in [-0.2, -0.15) is 4.57 Å². The Bertz CT molecular complexity index is 1010. The minimum atomic E-state index is 0.992. The zero-order valence-corrected chi connectivity index (χ0v) is 13.0. The van der Waals surface area contributed by atoms with Crippen molar-refractivity contribution in [3.63, 3.8) is 0 Å². The normalized spacial score (nSPS) is 11.4. The Morgan fingerprint density at radius 1 is 1.00 bits per heavy atom. The van der Waals surface area contributed by atoms with Crippen LogP contribution < -0.4 is 4.57 Å². The summed E-state index contributed by atoms with van der Waals surface area (Å²) in [4.78, 5) is 4.51. The van der Waals surface area contributed by atoms with Gasteiger partial charge in [-0.1, -0.05) is 24.3 Å². The molecule has 0 amide bonds. The topological polar surface area (TPSA) is 21.2 Å². The van der Waals surface area contributed by atoms with Gasteiger partial charge in [0.2, 0.25) is 5.69 Å². The lowest BCUT2D eigenvalue weighted by atomic mass is 10.0. The van der Waals surface area contributed by atoms with Crippen molar-refractivity contribution in [1.29, 1.82) is 0 Å². The summed E-state index contributed by atoms with van der Waals surface area (Å²) in [6, 6.07) is 14.9. The monoisotopic (exact) mass is 288 g/mol. The number of fused-ring (bicyclic) bond motifs is 2. The summed E-state index contributed by atoms with van der Waals surface area (Å²) in [6.07, 6.45) is 4.06. The van der Waals surface area contributed by atoms with E-state index in [0.717, 1.165) is 11.3 Å². The molecule has 0 saturated heterocycles. The highest BCUT2D eigenvalue weighted by molar-refractivity contribution is 5.93. The first-order chi connectivity index (χ1) is 10.7. The van der Waals surface area contributed by atoms with Crippen LogP contribution in [0, 0.1) is 13.8 Å². The van der Waals surface area contributed by atoms with E-state index >= 15 is 0 Å². The summed E-state index contributed by atoms with van der Waals surface area (Å²) < 4.78 is 4.45. The molecule has 3 nitrogen and oxygen atoms in total. The number of pyridine rings is 2. The van der Waals surface area contributed by atoms with Gasteiger partial charge in [0.25, 0.3) is 0 Å². The van der Waals surface area contributed by atoms with Crippen LogP contribution in [0.3, 0.4) is 0 Å². The van der Waals surface area contributed by atoms with Crippen LogP contribution in [-0.4, -0.2) is 9.38 Å². The average Bonchev–Trinajstić information content (AvgIpc) is 2.90. The molecule has 4 rings (SSSR count). The largest absolute Gasteiger partial charge is 0.291 e. The summed E-state index contributed by atoms with van der Waals surface area (Å²) in [6.45, 7) is 4.27. The molecule has 0 aliphatic heterocycles. The fraction of sp³-hybridized carbons (Fsp3) is 0.158. The average molecular weight is 288 g/mol. The first-order valence-electron chi connectivity index (χ1n) is 7.48. The van der Waals surface area contributed by atoms with Gasteiger partial charge in [0.05, 0.1) is 5.39 Å². The number of aromatic nitrogens is 3. The SMILES string of the molecule is Cc1ccc2ncc(C)n2c1-c1c2ccccc2cc[n+]1C. The Morgan fingerprint density at radius 2 is 1.82 bits per heavy atom. The van der Waals surface area contributed by atoms with E-state index in [1.54, 1.807) is 0 Å². The number of imidazole rings is 1. The molecule has 22 heavy (non-hydrogen) atoms. The molecule has 3 heterocycles. The zero-order chi connectivity index (χ0) is 15.3. The van der Waals surface area contributed by atoms with Gasteiger partial charge in [-0.15, -0.1) is 0 Å². The van der Waals surface area contributed by atoms with Crippen molar-refractivity contribution in [2.45, 2.75) is 13.8 Å². The van der Waals surface area contributed by atoms with Gasteiger partial charge >= 0.3 is 0 Å². The minimum absolute atomic E-state index is 0.992. The fourth-order valence-corrected chi connectivity index (χ4v) is 3.22. The second kappa shape index (κ2) is 4.67. The third kappa shape index (κ3) is 1.75. The lowest BCUT2D eigenvalue weighted by molar-refractivity contribution is -0.659. The number of nitrogens with zero attached hydrogens (tertiary/aromatic N) is 3. The Morgan fingerprint density at radius 3 is 2.68 bits per heavy atom. The molecule has 0 N–H and O–H groups in total. The molecule has 4 aromatic rings. The Labute approximate surface area is 129 Å². The summed E-state index contributed by atoms with van der Waals surface area (Å²) >= 11 is 0. The van der Waals surface area contributed by atoms with Gasteiger partial charge in [0.15, 0.2) is 6.20 Å². The number of hydrogen-bond donors (Lipinski definition) is 0. The predicted octanol–water partition coefficient (Wildman–Crippen LogP) is 3.60. The maximum Gasteiger partial charge on any atom is 0.237 e. The van der Waals surface area contributed by atoms with Crippen molar-refractivity contribution in [3.05, 3.63) is 66.1 Å². The highest BCUT2D eigenvalue weighted by Crippen LogP contribution is 2.29. The van der Waals surface area contributed by atoms with Crippen LogP contribution in [-0.2, 0) is 7.05 Å². The first-order valence-corrected chi connectivity index (χ1v) is 7.48. The smallest absolute Gasteiger partial charge is 0.237 e. The number of aryl methyl sites for hydroxylation is 3. The number of hydrogen-bond acceptors (Lipinski definition) is 1. The Balaban J connectivity index is 2.23. The molecular formula is C19H18N3+. The zero-order valence-electron chi connectivity index (χ0n) is 13.0. The minimum Gasteiger partial charge on any atom is -0.291 e. The molecule has 0 aliphatic carbocycles. The van der Waals surface area contributed by atoms with E-state index in [0.29, 0.717) is 0 Å². The van der Waals surface area contributed by atoms with Gasteiger partial charge in [-0.3, -0.25) is 4.40 Å². The molecule has 0 fully saturated rings. The van der Waals surface area contributed by atoms with E-state index in [4.69, 9.17) is 0 Å². The standard InChI is InChI=1S/C19H18N3/c1-13-8-9-17-20-12-14(2)22(17)18(13)19-16-7-5-4-6-15(16)10-11-21(19)3/h4-12H,1-3H3/q+1. The van der Waals surface area contributed by atoms with E-state index < -0.39 is 0 Å². The van der Waals surface area contributed by atoms with E-state index in [1.165, 1.54) is 27.7 Å². The second-order valence-corrected chi connectivity index (χ2v) is 5.82. The maximum atomic E-state index is 4.51. The highest BCUT2D eigenvalue weighted by atomic mass is 15.0. The first kappa shape index (κ1) is 13.0. The molecule has 0 saturated carbocycles. The summed E-state index contributed by atoms with van der Waals surface area (Å²) in [7, 11) is 2.10. The fourth-order valence-electron chi connectivity index (χ4n) is 3.22. The molecule has 0 radical (unpaired) electrons. The van der Waals surface area contributed by atoms with E-state index in [2.05, 4.69) is 83.5 Å². The van der Waals surface area contributed by atoms with Crippen LogP contribution in [0.5, 0.6) is 0 Å². The number of benzene rings is 1. The van der Waals surface area contributed by atoms with Crippen molar-refractivity contribution in [2.75, 3.05) is 0 Å². The maximum absolute atomic E-state index is 4.51. The van der Waals surface area contributed by atoms with Crippen molar-refractivity contribution >= 4 is 16.4 Å². The molecular weight excluding hydrogens is 270 g/mol. The third-order valence-electron chi connectivity index (χ3n) is 4.32.